The molecule has 1 atom stereocenters. The van der Waals surface area contributed by atoms with E-state index in [9.17, 15) is 22.4 Å². The highest BCUT2D eigenvalue weighted by molar-refractivity contribution is 6.34. The summed E-state index contributed by atoms with van der Waals surface area (Å²) in [6.07, 6.45) is 1.06. The van der Waals surface area contributed by atoms with Crippen molar-refractivity contribution < 1.29 is 31.8 Å². The zero-order valence-corrected chi connectivity index (χ0v) is 16.0. The number of hydrogen-bond acceptors (Lipinski definition) is 7. The summed E-state index contributed by atoms with van der Waals surface area (Å²) in [6.45, 7) is -1.29. The van der Waals surface area contributed by atoms with E-state index >= 15 is 0 Å². The number of nitrogens with one attached hydrogen (secondary N) is 1. The SMILES string of the molecule is CC1(c2nc(NC(=O)c3ncc(OCF)cc3Cl)ccc2F)N=C(N)OCC1(F)F. The molecule has 0 bridgehead atoms. The van der Waals surface area contributed by atoms with Crippen molar-refractivity contribution in [1.29, 1.82) is 0 Å². The maximum absolute atomic E-state index is 14.5. The van der Waals surface area contributed by atoms with Gasteiger partial charge < -0.3 is 20.5 Å². The fraction of sp³-hybridized carbons (Fsp3) is 0.294. The van der Waals surface area contributed by atoms with Gasteiger partial charge in [-0.2, -0.15) is 8.78 Å². The lowest BCUT2D eigenvalue weighted by Crippen LogP contribution is -2.51. The molecule has 3 N–H and O–H groups in total. The van der Waals surface area contributed by atoms with Gasteiger partial charge in [0.1, 0.15) is 28.8 Å². The molecule has 0 saturated heterocycles. The standard InChI is InChI=1S/C17H14ClF4N5O3/c1-16(17(21,22)6-29-15(23)27-16)13-10(20)2-3-11(25-13)26-14(28)12-9(18)4-8(5-24-12)30-7-19/h2-5H,6-7H2,1H3,(H2,23,27)(H,25,26,28). The largest absolute Gasteiger partial charge is 0.461 e. The van der Waals surface area contributed by atoms with Crippen LogP contribution in [0.2, 0.25) is 5.02 Å². The second kappa shape index (κ2) is 7.94. The van der Waals surface area contributed by atoms with Crippen LogP contribution in [0.25, 0.3) is 0 Å². The molecule has 13 heteroatoms. The minimum absolute atomic E-state index is 0.00799. The van der Waals surface area contributed by atoms with Crippen molar-refractivity contribution in [1.82, 2.24) is 9.97 Å². The summed E-state index contributed by atoms with van der Waals surface area (Å²) in [7, 11) is 0. The van der Waals surface area contributed by atoms with E-state index in [4.69, 9.17) is 17.3 Å². The fourth-order valence-corrected chi connectivity index (χ4v) is 2.87. The van der Waals surface area contributed by atoms with Crippen LogP contribution in [0.15, 0.2) is 29.4 Å². The predicted molar refractivity (Wildman–Crippen MR) is 97.9 cm³/mol. The predicted octanol–water partition coefficient (Wildman–Crippen LogP) is 3.02. The van der Waals surface area contributed by atoms with Crippen LogP contribution >= 0.6 is 11.6 Å². The number of alkyl halides is 3. The van der Waals surface area contributed by atoms with Crippen LogP contribution in [0, 0.1) is 5.82 Å². The maximum atomic E-state index is 14.5. The van der Waals surface area contributed by atoms with Crippen LogP contribution < -0.4 is 15.8 Å². The van der Waals surface area contributed by atoms with Gasteiger partial charge in [-0.05, 0) is 19.1 Å². The van der Waals surface area contributed by atoms with Crippen LogP contribution in [-0.4, -0.2) is 41.3 Å². The summed E-state index contributed by atoms with van der Waals surface area (Å²) in [5, 5.41) is 2.11. The minimum Gasteiger partial charge on any atom is -0.461 e. The number of aromatic nitrogens is 2. The van der Waals surface area contributed by atoms with Gasteiger partial charge in [-0.25, -0.2) is 23.7 Å². The Morgan fingerprint density at radius 1 is 1.43 bits per heavy atom. The normalized spacial score (nSPS) is 20.1. The van der Waals surface area contributed by atoms with Gasteiger partial charge in [0.05, 0.1) is 11.2 Å². The highest BCUT2D eigenvalue weighted by Gasteiger charge is 2.57. The van der Waals surface area contributed by atoms with E-state index in [1.54, 1.807) is 0 Å². The van der Waals surface area contributed by atoms with Crippen molar-refractivity contribution in [3.63, 3.8) is 0 Å². The Kier molecular flexibility index (Phi) is 5.70. The molecule has 0 spiro atoms. The quantitative estimate of drug-likeness (QED) is 0.681. The van der Waals surface area contributed by atoms with Crippen molar-refractivity contribution in [3.8, 4) is 5.75 Å². The van der Waals surface area contributed by atoms with E-state index in [-0.39, 0.29) is 22.3 Å². The van der Waals surface area contributed by atoms with Crippen molar-refractivity contribution >= 4 is 29.3 Å². The van der Waals surface area contributed by atoms with Gasteiger partial charge in [0.15, 0.2) is 12.1 Å². The molecular formula is C17H14ClF4N5O3. The summed E-state index contributed by atoms with van der Waals surface area (Å²) in [4.78, 5) is 23.5. The monoisotopic (exact) mass is 447 g/mol. The number of amidine groups is 1. The molecule has 2 aromatic heterocycles. The van der Waals surface area contributed by atoms with Gasteiger partial charge in [0.25, 0.3) is 11.9 Å². The third kappa shape index (κ3) is 3.95. The van der Waals surface area contributed by atoms with E-state index in [2.05, 4.69) is 29.8 Å². The van der Waals surface area contributed by atoms with Gasteiger partial charge >= 0.3 is 5.92 Å². The van der Waals surface area contributed by atoms with E-state index < -0.39 is 48.4 Å². The lowest BCUT2D eigenvalue weighted by molar-refractivity contribution is -0.118. The number of amides is 1. The molecule has 0 fully saturated rings. The van der Waals surface area contributed by atoms with E-state index in [1.807, 2.05) is 0 Å². The molecule has 3 heterocycles. The zero-order chi connectivity index (χ0) is 22.1. The summed E-state index contributed by atoms with van der Waals surface area (Å²) in [5.74, 6) is -5.87. The molecule has 2 aromatic rings. The number of carbonyl (C=O) groups is 1. The number of anilines is 1. The maximum Gasteiger partial charge on any atom is 0.311 e. The molecule has 1 aliphatic rings. The first-order valence-electron chi connectivity index (χ1n) is 8.26. The third-order valence-electron chi connectivity index (χ3n) is 4.25. The number of pyridine rings is 2. The molecule has 8 nitrogen and oxygen atoms in total. The number of nitrogens with two attached hydrogens (primary N) is 1. The molecule has 0 saturated carbocycles. The van der Waals surface area contributed by atoms with Crippen molar-refractivity contribution in [2.45, 2.75) is 18.4 Å². The Bertz CT molecular complexity index is 1020. The molecule has 0 radical (unpaired) electrons. The number of carbonyl (C=O) groups excluding carboxylic acids is 1. The number of rotatable bonds is 5. The molecule has 1 aliphatic heterocycles. The summed E-state index contributed by atoms with van der Waals surface area (Å²) >= 11 is 5.93. The van der Waals surface area contributed by atoms with Gasteiger partial charge in [0, 0.05) is 6.07 Å². The highest BCUT2D eigenvalue weighted by atomic mass is 35.5. The zero-order valence-electron chi connectivity index (χ0n) is 15.3. The van der Waals surface area contributed by atoms with E-state index in [1.165, 1.54) is 0 Å². The van der Waals surface area contributed by atoms with Crippen LogP contribution in [0.5, 0.6) is 5.75 Å². The minimum atomic E-state index is -3.64. The van der Waals surface area contributed by atoms with Gasteiger partial charge in [-0.3, -0.25) is 4.79 Å². The van der Waals surface area contributed by atoms with Crippen molar-refractivity contribution in [3.05, 3.63) is 46.6 Å². The molecule has 3 rings (SSSR count). The lowest BCUT2D eigenvalue weighted by atomic mass is 9.89. The fourth-order valence-electron chi connectivity index (χ4n) is 2.62. The topological polar surface area (TPSA) is 112 Å². The number of halogens is 5. The molecule has 1 unspecified atom stereocenters. The van der Waals surface area contributed by atoms with E-state index in [0.717, 1.165) is 31.3 Å². The third-order valence-corrected chi connectivity index (χ3v) is 4.54. The Balaban J connectivity index is 1.93. The molecule has 0 aliphatic carbocycles. The first-order chi connectivity index (χ1) is 14.1. The van der Waals surface area contributed by atoms with Crippen LogP contribution in [0.4, 0.5) is 23.4 Å². The number of aliphatic imine (C=N–C) groups is 1. The smallest absolute Gasteiger partial charge is 0.311 e. The average Bonchev–Trinajstić information content (AvgIpc) is 2.67. The van der Waals surface area contributed by atoms with Gasteiger partial charge in [-0.15, -0.1) is 0 Å². The van der Waals surface area contributed by atoms with Crippen LogP contribution in [0.3, 0.4) is 0 Å². The number of ether oxygens (including phenoxy) is 2. The second-order valence-corrected chi connectivity index (χ2v) is 6.66. The Morgan fingerprint density at radius 3 is 2.83 bits per heavy atom. The average molecular weight is 448 g/mol. The van der Waals surface area contributed by atoms with Crippen molar-refractivity contribution in [2.24, 2.45) is 10.7 Å². The Morgan fingerprint density at radius 2 is 2.17 bits per heavy atom. The first kappa shape index (κ1) is 21.6. The first-order valence-corrected chi connectivity index (χ1v) is 8.64. The highest BCUT2D eigenvalue weighted by Crippen LogP contribution is 2.43. The van der Waals surface area contributed by atoms with Gasteiger partial charge in [-0.1, -0.05) is 11.6 Å². The van der Waals surface area contributed by atoms with Crippen LogP contribution in [0.1, 0.15) is 23.1 Å². The molecule has 1 amide bonds. The summed E-state index contributed by atoms with van der Waals surface area (Å²) in [6, 6.07) is 2.51. The Labute approximate surface area is 172 Å². The summed E-state index contributed by atoms with van der Waals surface area (Å²) in [5.41, 5.74) is 1.89. The lowest BCUT2D eigenvalue weighted by Gasteiger charge is -2.36. The van der Waals surface area contributed by atoms with Crippen LogP contribution in [-0.2, 0) is 10.3 Å². The van der Waals surface area contributed by atoms with E-state index in [0.29, 0.717) is 0 Å². The number of hydrogen-bond donors (Lipinski definition) is 2. The number of nitrogens with zero attached hydrogens (tertiary/aromatic N) is 3. The summed E-state index contributed by atoms with van der Waals surface area (Å²) < 4.78 is 64.6. The molecule has 30 heavy (non-hydrogen) atoms. The second-order valence-electron chi connectivity index (χ2n) is 6.25. The molecular weight excluding hydrogens is 434 g/mol. The Hall–Kier alpha value is -3.15. The van der Waals surface area contributed by atoms with Crippen molar-refractivity contribution in [2.75, 3.05) is 18.8 Å². The molecule has 160 valence electrons. The van der Waals surface area contributed by atoms with Gasteiger partial charge in [0.2, 0.25) is 6.86 Å². The molecule has 0 aromatic carbocycles.